The molecule has 1 amide bonds. The average Bonchev–Trinajstić information content (AvgIpc) is 3.53. The summed E-state index contributed by atoms with van der Waals surface area (Å²) in [6, 6.07) is 6.85. The lowest BCUT2D eigenvalue weighted by Crippen LogP contribution is -2.16. The average molecular weight is 459 g/mol. The number of pyridine rings is 1. The minimum Gasteiger partial charge on any atom is -0.384 e. The molecule has 3 aromatic rings. The molecule has 4 rings (SSSR count). The summed E-state index contributed by atoms with van der Waals surface area (Å²) < 4.78 is 6.44. The van der Waals surface area contributed by atoms with Gasteiger partial charge in [0.15, 0.2) is 5.82 Å². The Bertz CT molecular complexity index is 970. The Kier molecular flexibility index (Phi) is 10.3. The van der Waals surface area contributed by atoms with Crippen molar-refractivity contribution in [2.75, 3.05) is 30.3 Å². The number of H-pyrrole nitrogens is 1. The van der Waals surface area contributed by atoms with Gasteiger partial charge in [-0.2, -0.15) is 10.2 Å². The number of anilines is 3. The van der Waals surface area contributed by atoms with E-state index in [9.17, 15) is 4.79 Å². The van der Waals surface area contributed by atoms with E-state index in [1.807, 2.05) is 19.1 Å². The van der Waals surface area contributed by atoms with E-state index in [-0.39, 0.29) is 5.91 Å². The molecule has 33 heavy (non-hydrogen) atoms. The van der Waals surface area contributed by atoms with Gasteiger partial charge in [0.05, 0.1) is 24.2 Å². The van der Waals surface area contributed by atoms with Crippen LogP contribution in [-0.4, -0.2) is 50.2 Å². The molecule has 0 bridgehead atoms. The molecule has 0 atom stereocenters. The zero-order chi connectivity index (χ0) is 24.2. The highest BCUT2D eigenvalue weighted by Gasteiger charge is 2.14. The molecule has 0 spiro atoms. The second-order valence-electron chi connectivity index (χ2n) is 7.69. The van der Waals surface area contributed by atoms with Crippen molar-refractivity contribution >= 4 is 23.2 Å². The van der Waals surface area contributed by atoms with Crippen molar-refractivity contribution in [3.8, 4) is 0 Å². The lowest BCUT2D eigenvalue weighted by molar-refractivity contribution is 0.101. The summed E-state index contributed by atoms with van der Waals surface area (Å²) in [5, 5.41) is 23.1. The maximum Gasteiger partial charge on any atom is 0.275 e. The van der Waals surface area contributed by atoms with Crippen LogP contribution in [0.15, 0.2) is 30.5 Å². The zero-order valence-corrected chi connectivity index (χ0v) is 19.7. The number of methoxy groups -OCH3 is 1. The van der Waals surface area contributed by atoms with Crippen LogP contribution in [0.5, 0.6) is 0 Å². The molecule has 1 aliphatic carbocycles. The Morgan fingerprint density at radius 1 is 1.27 bits per heavy atom. The van der Waals surface area contributed by atoms with Crippen LogP contribution in [0.2, 0.25) is 0 Å². The summed E-state index contributed by atoms with van der Waals surface area (Å²) in [7, 11) is 4.82. The van der Waals surface area contributed by atoms with Crippen molar-refractivity contribution in [3.63, 3.8) is 0 Å². The smallest absolute Gasteiger partial charge is 0.275 e. The predicted molar refractivity (Wildman–Crippen MR) is 127 cm³/mol. The zero-order valence-electron chi connectivity index (χ0n) is 19.7. The lowest BCUT2D eigenvalue weighted by Gasteiger charge is -2.08. The fourth-order valence-electron chi connectivity index (χ4n) is 3.07. The number of aromatic nitrogens is 5. The number of hydrogen-bond donors (Lipinski definition) is 4. The number of nitrogens with zero attached hydrogens (tertiary/aromatic N) is 5. The van der Waals surface area contributed by atoms with E-state index < -0.39 is 0 Å². The Morgan fingerprint density at radius 2 is 1.94 bits per heavy atom. The molecule has 180 valence electrons. The molecular formula is C22H34N8O3. The quantitative estimate of drug-likeness (QED) is 0.426. The second kappa shape index (κ2) is 13.2. The number of hydrogen-bond acceptors (Lipinski definition) is 8. The number of nitrogens with one attached hydrogen (secondary N) is 2. The molecule has 5 N–H and O–H groups in total. The van der Waals surface area contributed by atoms with Crippen molar-refractivity contribution < 1.29 is 14.7 Å². The van der Waals surface area contributed by atoms with Gasteiger partial charge in [0.25, 0.3) is 5.91 Å². The van der Waals surface area contributed by atoms with E-state index in [1.54, 1.807) is 33.5 Å². The van der Waals surface area contributed by atoms with Crippen LogP contribution >= 0.6 is 0 Å². The van der Waals surface area contributed by atoms with Gasteiger partial charge >= 0.3 is 0 Å². The number of nitrogen functional groups attached to an aromatic ring is 1. The van der Waals surface area contributed by atoms with E-state index in [0.717, 1.165) is 10.8 Å². The first-order chi connectivity index (χ1) is 15.8. The highest BCUT2D eigenvalue weighted by atomic mass is 16.5. The molecule has 3 heterocycles. The van der Waals surface area contributed by atoms with E-state index in [1.165, 1.54) is 42.9 Å². The standard InChI is InChI=1S/C10H14N6O2.C7H10N2O.C5H10/c1-16-7(3-6(15-16)5-18-2)10(17)12-9-4-8(11)13-14-9;1-6-3-4-7(5-8-6)9(2)10;1-2-4-5-3-1/h3-4H,5H2,1-2H3,(H4,11,12,13,14,17);3-5,10H,1-2H3;1-5H2. The summed E-state index contributed by atoms with van der Waals surface area (Å²) >= 11 is 0. The Hall–Kier alpha value is -3.44. The maximum absolute atomic E-state index is 12.0. The van der Waals surface area contributed by atoms with Crippen LogP contribution < -0.4 is 16.1 Å². The van der Waals surface area contributed by atoms with Crippen molar-refractivity contribution in [1.29, 1.82) is 0 Å². The topological polar surface area (TPSA) is 147 Å². The number of carbonyl (C=O) groups is 1. The minimum atomic E-state index is -0.307. The summed E-state index contributed by atoms with van der Waals surface area (Å²) in [4.78, 5) is 16.0. The number of aromatic amines is 1. The third-order valence-electron chi connectivity index (χ3n) is 4.81. The van der Waals surface area contributed by atoms with Crippen LogP contribution in [0.4, 0.5) is 17.3 Å². The number of hydroxylamine groups is 1. The maximum atomic E-state index is 12.0. The van der Waals surface area contributed by atoms with Gasteiger partial charge in [0.1, 0.15) is 11.5 Å². The fourth-order valence-corrected chi connectivity index (χ4v) is 3.07. The molecule has 11 heteroatoms. The monoisotopic (exact) mass is 458 g/mol. The largest absolute Gasteiger partial charge is 0.384 e. The molecule has 11 nitrogen and oxygen atoms in total. The highest BCUT2D eigenvalue weighted by Crippen LogP contribution is 2.15. The van der Waals surface area contributed by atoms with Crippen molar-refractivity contribution in [2.24, 2.45) is 7.05 Å². The van der Waals surface area contributed by atoms with Crippen LogP contribution in [0.3, 0.4) is 0 Å². The van der Waals surface area contributed by atoms with E-state index in [0.29, 0.717) is 35.3 Å². The van der Waals surface area contributed by atoms with Gasteiger partial charge in [-0.1, -0.05) is 32.1 Å². The van der Waals surface area contributed by atoms with Gasteiger partial charge in [-0.15, -0.1) is 0 Å². The Labute approximate surface area is 193 Å². The number of rotatable bonds is 5. The van der Waals surface area contributed by atoms with Crippen molar-refractivity contribution in [3.05, 3.63) is 47.5 Å². The van der Waals surface area contributed by atoms with Crippen LogP contribution in [0, 0.1) is 6.92 Å². The summed E-state index contributed by atoms with van der Waals surface area (Å²) in [5.74, 6) is 0.446. The van der Waals surface area contributed by atoms with Gasteiger partial charge in [0.2, 0.25) is 0 Å². The van der Waals surface area contributed by atoms with Gasteiger partial charge in [-0.3, -0.25) is 29.8 Å². The molecule has 1 fully saturated rings. The number of aryl methyl sites for hydroxylation is 2. The first-order valence-electron chi connectivity index (χ1n) is 10.8. The molecular weight excluding hydrogens is 424 g/mol. The van der Waals surface area contributed by atoms with Crippen molar-refractivity contribution in [2.45, 2.75) is 45.6 Å². The third-order valence-corrected chi connectivity index (χ3v) is 4.81. The number of carbonyl (C=O) groups excluding carboxylic acids is 1. The van der Waals surface area contributed by atoms with Gasteiger partial charge < -0.3 is 15.8 Å². The first-order valence-corrected chi connectivity index (χ1v) is 10.8. The minimum absolute atomic E-state index is 0.307. The predicted octanol–water partition coefficient (Wildman–Crippen LogP) is 3.29. The normalized spacial score (nSPS) is 12.3. The Morgan fingerprint density at radius 3 is 2.42 bits per heavy atom. The fraction of sp³-hybridized carbons (Fsp3) is 0.455. The molecule has 1 aliphatic rings. The molecule has 1 saturated carbocycles. The SMILES string of the molecule is C1CCCC1.COCc1cc(C(=O)Nc2cc(N)[nH]n2)n(C)n1.Cc1ccc(N(C)O)cn1. The summed E-state index contributed by atoms with van der Waals surface area (Å²) in [6.07, 6.45) is 9.12. The van der Waals surface area contributed by atoms with Gasteiger partial charge in [-0.05, 0) is 25.1 Å². The first kappa shape index (κ1) is 25.8. The highest BCUT2D eigenvalue weighted by molar-refractivity contribution is 6.02. The van der Waals surface area contributed by atoms with E-state index in [4.69, 9.17) is 15.7 Å². The van der Waals surface area contributed by atoms with Crippen LogP contribution in [-0.2, 0) is 18.4 Å². The van der Waals surface area contributed by atoms with E-state index in [2.05, 4.69) is 25.6 Å². The third kappa shape index (κ3) is 8.91. The molecule has 3 aromatic heterocycles. The number of nitrogens with two attached hydrogens (primary N) is 1. The molecule has 0 radical (unpaired) electrons. The number of amides is 1. The Balaban J connectivity index is 0.000000213. The van der Waals surface area contributed by atoms with Gasteiger partial charge in [-0.25, -0.2) is 0 Å². The molecule has 0 aromatic carbocycles. The summed E-state index contributed by atoms with van der Waals surface area (Å²) in [5.41, 5.74) is 8.22. The van der Waals surface area contributed by atoms with Crippen LogP contribution in [0.25, 0.3) is 0 Å². The van der Waals surface area contributed by atoms with Gasteiger partial charge in [0, 0.05) is 33.0 Å². The molecule has 0 aliphatic heterocycles. The van der Waals surface area contributed by atoms with E-state index >= 15 is 0 Å². The molecule has 0 unspecified atom stereocenters. The lowest BCUT2D eigenvalue weighted by atomic mass is 10.3. The molecule has 0 saturated heterocycles. The van der Waals surface area contributed by atoms with Crippen LogP contribution in [0.1, 0.15) is 54.0 Å². The number of ether oxygens (including phenoxy) is 1. The second-order valence-corrected chi connectivity index (χ2v) is 7.69. The summed E-state index contributed by atoms with van der Waals surface area (Å²) in [6.45, 7) is 2.26. The van der Waals surface area contributed by atoms with Crippen molar-refractivity contribution in [1.82, 2.24) is 25.0 Å².